The van der Waals surface area contributed by atoms with Gasteiger partial charge in [-0.05, 0) is 36.7 Å². The molecule has 0 saturated carbocycles. The molecule has 0 unspecified atom stereocenters. The molecule has 0 bridgehead atoms. The van der Waals surface area contributed by atoms with Crippen molar-refractivity contribution < 1.29 is 0 Å². The lowest BCUT2D eigenvalue weighted by Crippen LogP contribution is -1.93. The summed E-state index contributed by atoms with van der Waals surface area (Å²) in [5.74, 6) is 0.552. The molecule has 0 radical (unpaired) electrons. The van der Waals surface area contributed by atoms with Crippen molar-refractivity contribution >= 4 is 17.4 Å². The number of nitrogens with zero attached hydrogens (tertiary/aromatic N) is 2. The Morgan fingerprint density at radius 1 is 1.31 bits per heavy atom. The van der Waals surface area contributed by atoms with Crippen LogP contribution in [0.1, 0.15) is 5.69 Å². The van der Waals surface area contributed by atoms with E-state index < -0.39 is 0 Å². The van der Waals surface area contributed by atoms with Gasteiger partial charge >= 0.3 is 0 Å². The van der Waals surface area contributed by atoms with E-state index in [4.69, 9.17) is 5.73 Å². The van der Waals surface area contributed by atoms with Crippen LogP contribution < -0.4 is 5.73 Å². The van der Waals surface area contributed by atoms with Crippen LogP contribution in [0.4, 0.5) is 5.82 Å². The minimum Gasteiger partial charge on any atom is -0.384 e. The Labute approximate surface area is 80.4 Å². The molecule has 0 atom stereocenters. The van der Waals surface area contributed by atoms with Crippen molar-refractivity contribution in [1.29, 1.82) is 0 Å². The van der Waals surface area contributed by atoms with E-state index in [2.05, 4.69) is 9.36 Å². The standard InChI is InChI=1S/C9H9N3S/c1-6-7(2-3-9(10)11-6)8-4-5-13-12-8/h2-5H,1H3,(H2,10,11). The molecular weight excluding hydrogens is 182 g/mol. The number of aromatic nitrogens is 2. The van der Waals surface area contributed by atoms with Crippen molar-refractivity contribution in [1.82, 2.24) is 9.36 Å². The molecule has 2 aromatic heterocycles. The number of nitrogen functional groups attached to an aromatic ring is 1. The first-order chi connectivity index (χ1) is 6.27. The number of pyridine rings is 1. The maximum absolute atomic E-state index is 5.55. The summed E-state index contributed by atoms with van der Waals surface area (Å²) in [4.78, 5) is 4.17. The van der Waals surface area contributed by atoms with Crippen molar-refractivity contribution in [2.75, 3.05) is 5.73 Å². The molecule has 2 N–H and O–H groups in total. The topological polar surface area (TPSA) is 51.8 Å². The van der Waals surface area contributed by atoms with Gasteiger partial charge in [-0.15, -0.1) is 0 Å². The minimum absolute atomic E-state index is 0.552. The predicted octanol–water partition coefficient (Wildman–Crippen LogP) is 2.10. The highest BCUT2D eigenvalue weighted by Crippen LogP contribution is 2.21. The molecule has 2 rings (SSSR count). The van der Waals surface area contributed by atoms with Gasteiger partial charge in [0.05, 0.1) is 5.69 Å². The molecule has 0 aliphatic carbocycles. The largest absolute Gasteiger partial charge is 0.384 e. The van der Waals surface area contributed by atoms with Crippen LogP contribution >= 0.6 is 11.5 Å². The van der Waals surface area contributed by atoms with Crippen LogP contribution in [0.25, 0.3) is 11.3 Å². The van der Waals surface area contributed by atoms with Crippen molar-refractivity contribution in [3.05, 3.63) is 29.3 Å². The molecule has 0 saturated heterocycles. The van der Waals surface area contributed by atoms with Gasteiger partial charge in [0.25, 0.3) is 0 Å². The summed E-state index contributed by atoms with van der Waals surface area (Å²) >= 11 is 1.44. The third-order valence-electron chi connectivity index (χ3n) is 1.82. The number of hydrogen-bond donors (Lipinski definition) is 1. The van der Waals surface area contributed by atoms with Gasteiger partial charge in [-0.2, -0.15) is 4.37 Å². The third kappa shape index (κ3) is 1.53. The maximum Gasteiger partial charge on any atom is 0.123 e. The van der Waals surface area contributed by atoms with Crippen LogP contribution in [0.5, 0.6) is 0 Å². The zero-order valence-corrected chi connectivity index (χ0v) is 8.01. The third-order valence-corrected chi connectivity index (χ3v) is 2.38. The van der Waals surface area contributed by atoms with Crippen molar-refractivity contribution in [2.24, 2.45) is 0 Å². The first-order valence-corrected chi connectivity index (χ1v) is 4.75. The summed E-state index contributed by atoms with van der Waals surface area (Å²) < 4.78 is 4.24. The Bertz CT molecular complexity index is 409. The first kappa shape index (κ1) is 8.19. The molecule has 3 nitrogen and oxygen atoms in total. The van der Waals surface area contributed by atoms with Gasteiger partial charge in [0.15, 0.2) is 0 Å². The smallest absolute Gasteiger partial charge is 0.123 e. The Morgan fingerprint density at radius 3 is 2.77 bits per heavy atom. The molecule has 0 amide bonds. The lowest BCUT2D eigenvalue weighted by atomic mass is 10.1. The molecule has 2 heterocycles. The van der Waals surface area contributed by atoms with Gasteiger partial charge in [-0.1, -0.05) is 0 Å². The van der Waals surface area contributed by atoms with E-state index in [1.807, 2.05) is 24.4 Å². The summed E-state index contributed by atoms with van der Waals surface area (Å²) in [6.45, 7) is 1.94. The Morgan fingerprint density at radius 2 is 2.15 bits per heavy atom. The van der Waals surface area contributed by atoms with Crippen LogP contribution in [0.3, 0.4) is 0 Å². The van der Waals surface area contributed by atoms with Gasteiger partial charge < -0.3 is 5.73 Å². The number of hydrogen-bond acceptors (Lipinski definition) is 4. The van der Waals surface area contributed by atoms with E-state index in [1.54, 1.807) is 6.07 Å². The molecule has 0 fully saturated rings. The number of nitrogens with two attached hydrogens (primary N) is 1. The fourth-order valence-corrected chi connectivity index (χ4v) is 1.73. The maximum atomic E-state index is 5.55. The lowest BCUT2D eigenvalue weighted by molar-refractivity contribution is 1.21. The predicted molar refractivity (Wildman–Crippen MR) is 54.5 cm³/mol. The van der Waals surface area contributed by atoms with E-state index in [0.717, 1.165) is 17.0 Å². The van der Waals surface area contributed by atoms with Gasteiger partial charge in [0, 0.05) is 16.6 Å². The SMILES string of the molecule is Cc1nc(N)ccc1-c1ccsn1. The first-order valence-electron chi connectivity index (χ1n) is 3.91. The summed E-state index contributed by atoms with van der Waals surface area (Å²) in [7, 11) is 0. The van der Waals surface area contributed by atoms with Crippen LogP contribution in [0.2, 0.25) is 0 Å². The minimum atomic E-state index is 0.552. The molecule has 4 heteroatoms. The monoisotopic (exact) mass is 191 g/mol. The lowest BCUT2D eigenvalue weighted by Gasteiger charge is -2.01. The van der Waals surface area contributed by atoms with Crippen LogP contribution in [0.15, 0.2) is 23.6 Å². The highest BCUT2D eigenvalue weighted by molar-refractivity contribution is 7.03. The Kier molecular flexibility index (Phi) is 1.98. The van der Waals surface area contributed by atoms with E-state index in [-0.39, 0.29) is 0 Å². The van der Waals surface area contributed by atoms with Gasteiger partial charge in [0.2, 0.25) is 0 Å². The Balaban J connectivity index is 2.53. The molecule has 13 heavy (non-hydrogen) atoms. The van der Waals surface area contributed by atoms with Crippen LogP contribution in [-0.4, -0.2) is 9.36 Å². The number of aryl methyl sites for hydroxylation is 1. The molecule has 0 aliphatic heterocycles. The van der Waals surface area contributed by atoms with Crippen molar-refractivity contribution in [2.45, 2.75) is 6.92 Å². The molecule has 2 aromatic rings. The molecular formula is C9H9N3S. The number of anilines is 1. The highest BCUT2D eigenvalue weighted by atomic mass is 32.1. The van der Waals surface area contributed by atoms with Crippen LogP contribution in [0, 0.1) is 6.92 Å². The second-order valence-electron chi connectivity index (χ2n) is 2.75. The number of rotatable bonds is 1. The average Bonchev–Trinajstić information content (AvgIpc) is 2.56. The summed E-state index contributed by atoms with van der Waals surface area (Å²) in [6.07, 6.45) is 0. The zero-order valence-electron chi connectivity index (χ0n) is 7.19. The van der Waals surface area contributed by atoms with Gasteiger partial charge in [-0.3, -0.25) is 0 Å². The van der Waals surface area contributed by atoms with E-state index >= 15 is 0 Å². The fraction of sp³-hybridized carbons (Fsp3) is 0.111. The zero-order chi connectivity index (χ0) is 9.26. The Hall–Kier alpha value is -1.42. The van der Waals surface area contributed by atoms with E-state index in [1.165, 1.54) is 11.5 Å². The summed E-state index contributed by atoms with van der Waals surface area (Å²) in [6, 6.07) is 5.72. The van der Waals surface area contributed by atoms with Crippen LogP contribution in [-0.2, 0) is 0 Å². The van der Waals surface area contributed by atoms with E-state index in [0.29, 0.717) is 5.82 Å². The van der Waals surface area contributed by atoms with Crippen molar-refractivity contribution in [3.63, 3.8) is 0 Å². The van der Waals surface area contributed by atoms with Crippen molar-refractivity contribution in [3.8, 4) is 11.3 Å². The summed E-state index contributed by atoms with van der Waals surface area (Å²) in [5.41, 5.74) is 8.49. The molecule has 0 spiro atoms. The van der Waals surface area contributed by atoms with Gasteiger partial charge in [-0.25, -0.2) is 4.98 Å². The average molecular weight is 191 g/mol. The molecule has 66 valence electrons. The van der Waals surface area contributed by atoms with Gasteiger partial charge in [0.1, 0.15) is 5.82 Å². The summed E-state index contributed by atoms with van der Waals surface area (Å²) in [5, 5.41) is 1.95. The second-order valence-corrected chi connectivity index (χ2v) is 3.42. The molecule has 0 aromatic carbocycles. The second kappa shape index (κ2) is 3.14. The quantitative estimate of drug-likeness (QED) is 0.751. The fourth-order valence-electron chi connectivity index (χ4n) is 1.20. The van der Waals surface area contributed by atoms with E-state index in [9.17, 15) is 0 Å². The highest BCUT2D eigenvalue weighted by Gasteiger charge is 2.04. The molecule has 0 aliphatic rings. The normalized spacial score (nSPS) is 10.2.